The minimum Gasteiger partial charge on any atom is -0.411 e. The van der Waals surface area contributed by atoms with Crippen molar-refractivity contribution >= 4 is 23.4 Å². The van der Waals surface area contributed by atoms with Crippen molar-refractivity contribution in [1.82, 2.24) is 10.2 Å². The molecule has 0 radical (unpaired) electrons. The summed E-state index contributed by atoms with van der Waals surface area (Å²) < 4.78 is 5.65. The number of carbonyl (C=O) groups excluding carboxylic acids is 1. The number of aryl methyl sites for hydroxylation is 1. The Morgan fingerprint density at radius 2 is 1.88 bits per heavy atom. The zero-order valence-electron chi connectivity index (χ0n) is 13.6. The van der Waals surface area contributed by atoms with Crippen LogP contribution in [0.5, 0.6) is 0 Å². The fraction of sp³-hybridized carbons (Fsp3) is 0.211. The first kappa shape index (κ1) is 15.9. The van der Waals surface area contributed by atoms with E-state index in [1.165, 1.54) is 17.3 Å². The number of thioether (sulfide) groups is 1. The molecule has 0 unspecified atom stereocenters. The van der Waals surface area contributed by atoms with Crippen molar-refractivity contribution in [3.05, 3.63) is 60.2 Å². The maximum atomic E-state index is 12.6. The summed E-state index contributed by atoms with van der Waals surface area (Å²) in [5, 5.41) is 8.49. The lowest BCUT2D eigenvalue weighted by Crippen LogP contribution is -2.36. The number of hydrogen-bond donors (Lipinski definition) is 0. The third-order valence-corrected chi connectivity index (χ3v) is 4.96. The zero-order chi connectivity index (χ0) is 17.1. The highest BCUT2D eigenvalue weighted by Gasteiger charge is 2.22. The number of carbonyl (C=O) groups is 1. The minimum absolute atomic E-state index is 0.0663. The summed E-state index contributed by atoms with van der Waals surface area (Å²) >= 11 is 1.28. The number of hydrogen-bond acceptors (Lipinski definition) is 5. The molecule has 5 nitrogen and oxygen atoms in total. The molecule has 1 amide bonds. The molecule has 0 N–H and O–H groups in total. The van der Waals surface area contributed by atoms with Crippen LogP contribution >= 0.6 is 11.8 Å². The van der Waals surface area contributed by atoms with Crippen LogP contribution in [-0.2, 0) is 11.2 Å². The molecule has 1 aliphatic heterocycles. The highest BCUT2D eigenvalue weighted by Crippen LogP contribution is 2.28. The van der Waals surface area contributed by atoms with E-state index in [-0.39, 0.29) is 11.7 Å². The Labute approximate surface area is 150 Å². The van der Waals surface area contributed by atoms with E-state index >= 15 is 0 Å². The van der Waals surface area contributed by atoms with Crippen LogP contribution in [0.4, 0.5) is 5.69 Å². The van der Waals surface area contributed by atoms with Gasteiger partial charge in [-0.05, 0) is 36.6 Å². The third kappa shape index (κ3) is 3.44. The number of benzene rings is 2. The van der Waals surface area contributed by atoms with Gasteiger partial charge in [-0.2, -0.15) is 0 Å². The Bertz CT molecular complexity index is 879. The standard InChI is InChI=1S/C19H17N3O2S/c23-17(22-12-6-10-14-7-4-5-11-16(14)22)13-25-19-21-20-18(24-19)15-8-2-1-3-9-15/h1-5,7-9,11H,6,10,12-13H2. The van der Waals surface area contributed by atoms with Crippen molar-refractivity contribution in [2.45, 2.75) is 18.1 Å². The maximum absolute atomic E-state index is 12.6. The maximum Gasteiger partial charge on any atom is 0.277 e. The number of anilines is 1. The van der Waals surface area contributed by atoms with Crippen LogP contribution in [0.25, 0.3) is 11.5 Å². The second-order valence-corrected chi connectivity index (χ2v) is 6.73. The Balaban J connectivity index is 1.42. The average Bonchev–Trinajstić information content (AvgIpc) is 3.15. The Morgan fingerprint density at radius 3 is 2.76 bits per heavy atom. The van der Waals surface area contributed by atoms with Gasteiger partial charge in [0.25, 0.3) is 5.22 Å². The Kier molecular flexibility index (Phi) is 4.52. The van der Waals surface area contributed by atoms with E-state index in [1.807, 2.05) is 53.4 Å². The topological polar surface area (TPSA) is 59.2 Å². The molecule has 25 heavy (non-hydrogen) atoms. The smallest absolute Gasteiger partial charge is 0.277 e. The summed E-state index contributed by atoms with van der Waals surface area (Å²) in [6.45, 7) is 0.759. The van der Waals surface area contributed by atoms with Gasteiger partial charge in [-0.15, -0.1) is 10.2 Å². The van der Waals surface area contributed by atoms with Crippen molar-refractivity contribution in [3.8, 4) is 11.5 Å². The first-order valence-electron chi connectivity index (χ1n) is 8.21. The normalized spacial score (nSPS) is 13.5. The molecule has 1 aliphatic rings. The van der Waals surface area contributed by atoms with Crippen LogP contribution in [0.1, 0.15) is 12.0 Å². The Morgan fingerprint density at radius 1 is 1.08 bits per heavy atom. The van der Waals surface area contributed by atoms with E-state index in [0.717, 1.165) is 30.6 Å². The second kappa shape index (κ2) is 7.11. The lowest BCUT2D eigenvalue weighted by Gasteiger charge is -2.29. The van der Waals surface area contributed by atoms with E-state index in [2.05, 4.69) is 16.3 Å². The third-order valence-electron chi connectivity index (χ3n) is 4.16. The number of amides is 1. The van der Waals surface area contributed by atoms with Crippen molar-refractivity contribution in [1.29, 1.82) is 0 Å². The minimum atomic E-state index is 0.0663. The number of nitrogens with zero attached hydrogens (tertiary/aromatic N) is 3. The van der Waals surface area contributed by atoms with E-state index in [9.17, 15) is 4.79 Å². The van der Waals surface area contributed by atoms with Gasteiger partial charge in [0.1, 0.15) is 0 Å². The lowest BCUT2D eigenvalue weighted by molar-refractivity contribution is -0.116. The fourth-order valence-electron chi connectivity index (χ4n) is 2.96. The summed E-state index contributed by atoms with van der Waals surface area (Å²) in [5.74, 6) is 0.820. The number of fused-ring (bicyclic) bond motifs is 1. The molecule has 2 aromatic carbocycles. The van der Waals surface area contributed by atoms with Crippen LogP contribution in [0.2, 0.25) is 0 Å². The summed E-state index contributed by atoms with van der Waals surface area (Å²) in [6, 6.07) is 17.7. The first-order valence-corrected chi connectivity index (χ1v) is 9.20. The summed E-state index contributed by atoms with van der Waals surface area (Å²) in [4.78, 5) is 14.5. The van der Waals surface area contributed by atoms with E-state index in [1.54, 1.807) is 0 Å². The molecule has 0 spiro atoms. The summed E-state index contributed by atoms with van der Waals surface area (Å²) in [6.07, 6.45) is 2.02. The van der Waals surface area contributed by atoms with Crippen molar-refractivity contribution in [2.24, 2.45) is 0 Å². The van der Waals surface area contributed by atoms with Crippen LogP contribution in [-0.4, -0.2) is 28.4 Å². The van der Waals surface area contributed by atoms with Gasteiger partial charge in [-0.1, -0.05) is 48.2 Å². The SMILES string of the molecule is O=C(CSc1nnc(-c2ccccc2)o1)N1CCCc2ccccc21. The van der Waals surface area contributed by atoms with Gasteiger partial charge in [0, 0.05) is 17.8 Å². The monoisotopic (exact) mass is 351 g/mol. The highest BCUT2D eigenvalue weighted by atomic mass is 32.2. The number of para-hydroxylation sites is 1. The summed E-state index contributed by atoms with van der Waals surface area (Å²) in [5.41, 5.74) is 3.13. The van der Waals surface area contributed by atoms with Gasteiger partial charge >= 0.3 is 0 Å². The van der Waals surface area contributed by atoms with Crippen LogP contribution < -0.4 is 4.90 Å². The molecular weight excluding hydrogens is 334 g/mol. The van der Waals surface area contributed by atoms with Crippen LogP contribution in [0, 0.1) is 0 Å². The van der Waals surface area contributed by atoms with Gasteiger partial charge in [-0.25, -0.2) is 0 Å². The molecule has 0 saturated heterocycles. The molecule has 4 rings (SSSR count). The molecule has 0 saturated carbocycles. The van der Waals surface area contributed by atoms with Crippen LogP contribution in [0.15, 0.2) is 64.2 Å². The predicted octanol–water partition coefficient (Wildman–Crippen LogP) is 3.81. The quantitative estimate of drug-likeness (QED) is 0.669. The van der Waals surface area contributed by atoms with Crippen molar-refractivity contribution in [2.75, 3.05) is 17.2 Å². The Hall–Kier alpha value is -2.60. The predicted molar refractivity (Wildman–Crippen MR) is 97.6 cm³/mol. The van der Waals surface area contributed by atoms with Gasteiger partial charge in [0.15, 0.2) is 0 Å². The molecule has 2 heterocycles. The van der Waals surface area contributed by atoms with Gasteiger partial charge in [0.2, 0.25) is 11.8 Å². The molecule has 6 heteroatoms. The molecule has 1 aromatic heterocycles. The number of aromatic nitrogens is 2. The molecule has 0 aliphatic carbocycles. The molecule has 0 atom stereocenters. The highest BCUT2D eigenvalue weighted by molar-refractivity contribution is 7.99. The second-order valence-electron chi connectivity index (χ2n) is 5.81. The van der Waals surface area contributed by atoms with Gasteiger partial charge in [0.05, 0.1) is 5.75 Å². The first-order chi connectivity index (χ1) is 12.3. The molecular formula is C19H17N3O2S. The summed E-state index contributed by atoms with van der Waals surface area (Å²) in [7, 11) is 0. The lowest BCUT2D eigenvalue weighted by atomic mass is 10.0. The molecule has 0 fully saturated rings. The average molecular weight is 351 g/mol. The van der Waals surface area contributed by atoms with E-state index in [0.29, 0.717) is 11.1 Å². The van der Waals surface area contributed by atoms with Gasteiger partial charge in [-0.3, -0.25) is 4.79 Å². The van der Waals surface area contributed by atoms with Crippen molar-refractivity contribution < 1.29 is 9.21 Å². The largest absolute Gasteiger partial charge is 0.411 e. The zero-order valence-corrected chi connectivity index (χ0v) is 14.4. The van der Waals surface area contributed by atoms with E-state index < -0.39 is 0 Å². The van der Waals surface area contributed by atoms with Crippen LogP contribution in [0.3, 0.4) is 0 Å². The molecule has 126 valence electrons. The van der Waals surface area contributed by atoms with E-state index in [4.69, 9.17) is 4.42 Å². The van der Waals surface area contributed by atoms with Gasteiger partial charge < -0.3 is 9.32 Å². The molecule has 0 bridgehead atoms. The molecule has 3 aromatic rings. The van der Waals surface area contributed by atoms with Crippen molar-refractivity contribution in [3.63, 3.8) is 0 Å². The number of rotatable bonds is 4. The fourth-order valence-corrected chi connectivity index (χ4v) is 3.60.